The lowest BCUT2D eigenvalue weighted by Gasteiger charge is -2.14. The van der Waals surface area contributed by atoms with Gasteiger partial charge < -0.3 is 14.5 Å². The van der Waals surface area contributed by atoms with Crippen molar-refractivity contribution in [1.82, 2.24) is 9.13 Å². The number of nitrogens with zero attached hydrogens (tertiary/aromatic N) is 2. The molecule has 0 aliphatic heterocycles. The zero-order chi connectivity index (χ0) is 25.4. The summed E-state index contributed by atoms with van der Waals surface area (Å²) in [5.74, 6) is 0.287. The molecule has 8 nitrogen and oxygen atoms in total. The third kappa shape index (κ3) is 4.07. The molecular formula is C28H25N3O5. The molecule has 0 spiro atoms. The van der Waals surface area contributed by atoms with Gasteiger partial charge in [-0.1, -0.05) is 42.5 Å². The topological polar surface area (TPSA) is 95.5 Å². The molecule has 2 heterocycles. The number of carbonyl (C=O) groups excluding carboxylic acids is 1. The number of ether oxygens (including phenoxy) is 1. The van der Waals surface area contributed by atoms with Gasteiger partial charge in [0.2, 0.25) is 11.5 Å². The lowest BCUT2D eigenvalue weighted by Crippen LogP contribution is -2.41. The Hall–Kier alpha value is -4.59. The van der Waals surface area contributed by atoms with E-state index >= 15 is 0 Å². The summed E-state index contributed by atoms with van der Waals surface area (Å²) >= 11 is 0. The number of anilines is 1. The second-order valence-electron chi connectivity index (χ2n) is 8.70. The first-order chi connectivity index (χ1) is 17.4. The monoisotopic (exact) mass is 483 g/mol. The molecule has 2 aromatic heterocycles. The molecule has 0 aliphatic carbocycles. The summed E-state index contributed by atoms with van der Waals surface area (Å²) in [5.41, 5.74) is 2.94. The van der Waals surface area contributed by atoms with Crippen LogP contribution in [-0.4, -0.2) is 22.2 Å². The number of para-hydroxylation sites is 2. The zero-order valence-corrected chi connectivity index (χ0v) is 20.2. The van der Waals surface area contributed by atoms with Gasteiger partial charge in [0.05, 0.1) is 13.7 Å². The van der Waals surface area contributed by atoms with Crippen LogP contribution in [0.3, 0.4) is 0 Å². The zero-order valence-electron chi connectivity index (χ0n) is 20.2. The van der Waals surface area contributed by atoms with Crippen molar-refractivity contribution in [2.24, 2.45) is 0 Å². The van der Waals surface area contributed by atoms with Crippen LogP contribution >= 0.6 is 0 Å². The molecule has 36 heavy (non-hydrogen) atoms. The Morgan fingerprint density at radius 1 is 0.917 bits per heavy atom. The largest absolute Gasteiger partial charge is 0.497 e. The van der Waals surface area contributed by atoms with E-state index in [1.807, 2.05) is 32.0 Å². The number of furan rings is 1. The molecule has 3 aromatic carbocycles. The molecule has 5 aromatic rings. The molecule has 0 bridgehead atoms. The van der Waals surface area contributed by atoms with Crippen LogP contribution in [0.2, 0.25) is 0 Å². The van der Waals surface area contributed by atoms with Crippen molar-refractivity contribution in [3.63, 3.8) is 0 Å². The highest BCUT2D eigenvalue weighted by Crippen LogP contribution is 2.26. The quantitative estimate of drug-likeness (QED) is 0.390. The van der Waals surface area contributed by atoms with Crippen molar-refractivity contribution in [3.8, 4) is 5.75 Å². The van der Waals surface area contributed by atoms with Gasteiger partial charge in [-0.2, -0.15) is 0 Å². The van der Waals surface area contributed by atoms with Crippen LogP contribution in [0.15, 0.2) is 80.7 Å². The Morgan fingerprint density at radius 2 is 1.61 bits per heavy atom. The van der Waals surface area contributed by atoms with Gasteiger partial charge in [0.1, 0.15) is 23.4 Å². The fraction of sp³-hybridized carbons (Fsp3) is 0.179. The van der Waals surface area contributed by atoms with Crippen molar-refractivity contribution in [2.75, 3.05) is 12.4 Å². The van der Waals surface area contributed by atoms with Gasteiger partial charge in [0.15, 0.2) is 0 Å². The number of aryl methyl sites for hydroxylation is 2. The number of amides is 1. The van der Waals surface area contributed by atoms with E-state index in [1.165, 1.54) is 4.57 Å². The number of nitrogens with one attached hydrogen (secondary N) is 1. The summed E-state index contributed by atoms with van der Waals surface area (Å²) < 4.78 is 13.5. The van der Waals surface area contributed by atoms with E-state index in [2.05, 4.69) is 5.32 Å². The standard InChI is InChI=1S/C28H25N3O5/c1-17-7-6-8-18(2)24(17)29-23(32)16-30-25-21-9-4-5-10-22(21)36-26(25)27(33)31(28(30)34)15-19-11-13-20(35-3)14-12-19/h4-14H,15-16H2,1-3H3,(H,29,32). The number of hydrogen-bond donors (Lipinski definition) is 1. The Labute approximate surface area is 206 Å². The van der Waals surface area contributed by atoms with E-state index in [1.54, 1.807) is 55.6 Å². The van der Waals surface area contributed by atoms with Crippen molar-refractivity contribution in [1.29, 1.82) is 0 Å². The summed E-state index contributed by atoms with van der Waals surface area (Å²) in [6, 6.07) is 19.9. The highest BCUT2D eigenvalue weighted by Gasteiger charge is 2.22. The van der Waals surface area contributed by atoms with Crippen LogP contribution < -0.4 is 21.3 Å². The van der Waals surface area contributed by atoms with Crippen LogP contribution in [0.5, 0.6) is 5.75 Å². The lowest BCUT2D eigenvalue weighted by molar-refractivity contribution is -0.116. The molecule has 8 heteroatoms. The number of benzene rings is 3. The first-order valence-corrected chi connectivity index (χ1v) is 11.5. The highest BCUT2D eigenvalue weighted by molar-refractivity contribution is 6.03. The van der Waals surface area contributed by atoms with Gasteiger partial charge in [-0.3, -0.25) is 18.7 Å². The van der Waals surface area contributed by atoms with Crippen LogP contribution in [0.4, 0.5) is 5.69 Å². The third-order valence-corrected chi connectivity index (χ3v) is 6.29. The molecule has 0 saturated carbocycles. The van der Waals surface area contributed by atoms with Crippen LogP contribution in [0.25, 0.3) is 22.1 Å². The van der Waals surface area contributed by atoms with Gasteiger partial charge in [0, 0.05) is 11.1 Å². The van der Waals surface area contributed by atoms with E-state index in [9.17, 15) is 14.4 Å². The van der Waals surface area contributed by atoms with Crippen LogP contribution in [0.1, 0.15) is 16.7 Å². The minimum atomic E-state index is -0.591. The van der Waals surface area contributed by atoms with Crippen LogP contribution in [-0.2, 0) is 17.9 Å². The van der Waals surface area contributed by atoms with Gasteiger partial charge in [-0.15, -0.1) is 0 Å². The van der Waals surface area contributed by atoms with Crippen molar-refractivity contribution in [3.05, 3.63) is 104 Å². The lowest BCUT2D eigenvalue weighted by atomic mass is 10.1. The maximum Gasteiger partial charge on any atom is 0.332 e. The average molecular weight is 484 g/mol. The molecule has 1 N–H and O–H groups in total. The van der Waals surface area contributed by atoms with Gasteiger partial charge in [0.25, 0.3) is 5.56 Å². The van der Waals surface area contributed by atoms with Gasteiger partial charge in [-0.25, -0.2) is 4.79 Å². The predicted molar refractivity (Wildman–Crippen MR) is 139 cm³/mol. The first kappa shape index (κ1) is 23.2. The van der Waals surface area contributed by atoms with E-state index in [-0.39, 0.29) is 24.6 Å². The third-order valence-electron chi connectivity index (χ3n) is 6.29. The average Bonchev–Trinajstić information content (AvgIpc) is 3.27. The van der Waals surface area contributed by atoms with E-state index in [0.717, 1.165) is 21.3 Å². The second-order valence-corrected chi connectivity index (χ2v) is 8.70. The normalized spacial score (nSPS) is 11.2. The van der Waals surface area contributed by atoms with E-state index in [0.29, 0.717) is 27.9 Å². The molecule has 1 amide bonds. The number of aromatic nitrogens is 2. The maximum atomic E-state index is 13.7. The smallest absolute Gasteiger partial charge is 0.332 e. The second kappa shape index (κ2) is 9.22. The van der Waals surface area contributed by atoms with E-state index < -0.39 is 11.2 Å². The Bertz CT molecular complexity index is 1710. The number of methoxy groups -OCH3 is 1. The first-order valence-electron chi connectivity index (χ1n) is 11.5. The van der Waals surface area contributed by atoms with Crippen LogP contribution in [0, 0.1) is 13.8 Å². The minimum absolute atomic E-state index is 0.0210. The summed E-state index contributed by atoms with van der Waals surface area (Å²) in [7, 11) is 1.57. The summed E-state index contributed by atoms with van der Waals surface area (Å²) in [6.45, 7) is 3.56. The Morgan fingerprint density at radius 3 is 2.31 bits per heavy atom. The molecule has 5 rings (SSSR count). The van der Waals surface area contributed by atoms with Crippen molar-refractivity contribution < 1.29 is 13.9 Å². The van der Waals surface area contributed by atoms with Crippen molar-refractivity contribution >= 4 is 33.7 Å². The molecule has 0 fully saturated rings. The van der Waals surface area contributed by atoms with Gasteiger partial charge in [-0.05, 0) is 54.8 Å². The maximum absolute atomic E-state index is 13.7. The van der Waals surface area contributed by atoms with E-state index in [4.69, 9.17) is 9.15 Å². The fourth-order valence-corrected chi connectivity index (χ4v) is 4.43. The summed E-state index contributed by atoms with van der Waals surface area (Å²) in [6.07, 6.45) is 0. The number of hydrogen-bond acceptors (Lipinski definition) is 5. The molecule has 0 aliphatic rings. The minimum Gasteiger partial charge on any atom is -0.497 e. The predicted octanol–water partition coefficient (Wildman–Crippen LogP) is 4.22. The molecule has 0 unspecified atom stereocenters. The number of fused-ring (bicyclic) bond motifs is 3. The fourth-order valence-electron chi connectivity index (χ4n) is 4.43. The Balaban J connectivity index is 1.64. The molecular weight excluding hydrogens is 458 g/mol. The molecule has 0 atom stereocenters. The summed E-state index contributed by atoms with van der Waals surface area (Å²) in [4.78, 5) is 40.2. The molecule has 182 valence electrons. The van der Waals surface area contributed by atoms with Crippen molar-refractivity contribution in [2.45, 2.75) is 26.9 Å². The number of carbonyl (C=O) groups is 1. The van der Waals surface area contributed by atoms with Gasteiger partial charge >= 0.3 is 5.69 Å². The Kier molecular flexibility index (Phi) is 5.93. The SMILES string of the molecule is COc1ccc(Cn2c(=O)c3oc4ccccc4c3n(CC(=O)Nc3c(C)cccc3C)c2=O)cc1. The molecule has 0 radical (unpaired) electrons. The summed E-state index contributed by atoms with van der Waals surface area (Å²) in [5, 5.41) is 3.52. The highest BCUT2D eigenvalue weighted by atomic mass is 16.5. The molecule has 0 saturated heterocycles. The number of rotatable bonds is 6.